The largest absolute Gasteiger partial charge is 0.339 e. The highest BCUT2D eigenvalue weighted by molar-refractivity contribution is 7.89. The number of amides is 2. The van der Waals surface area contributed by atoms with E-state index in [4.69, 9.17) is 0 Å². The Bertz CT molecular complexity index is 1210. The molecule has 3 rings (SSSR count). The van der Waals surface area contributed by atoms with Crippen molar-refractivity contribution in [1.82, 2.24) is 14.1 Å². The van der Waals surface area contributed by atoms with Crippen molar-refractivity contribution in [3.05, 3.63) is 45.8 Å². The van der Waals surface area contributed by atoms with Gasteiger partial charge in [0.25, 0.3) is 11.8 Å². The molecule has 0 unspecified atom stereocenters. The van der Waals surface area contributed by atoms with Crippen LogP contribution in [0.5, 0.6) is 0 Å². The van der Waals surface area contributed by atoms with Crippen LogP contribution in [0.15, 0.2) is 29.2 Å². The molecule has 1 N–H and O–H groups in total. The lowest BCUT2D eigenvalue weighted by Crippen LogP contribution is -2.34. The molecular weight excluding hydrogens is 532 g/mol. The topological polar surface area (TPSA) is 90.0 Å². The van der Waals surface area contributed by atoms with Crippen LogP contribution in [0.1, 0.15) is 91.5 Å². The van der Waals surface area contributed by atoms with Gasteiger partial charge in [-0.05, 0) is 69.5 Å². The summed E-state index contributed by atoms with van der Waals surface area (Å²) in [4.78, 5) is 32.2. The predicted molar refractivity (Wildman–Crippen MR) is 159 cm³/mol. The summed E-state index contributed by atoms with van der Waals surface area (Å²) in [5, 5.41) is 3.56. The lowest BCUT2D eigenvalue weighted by atomic mass is 10.0. The predicted octanol–water partition coefficient (Wildman–Crippen LogP) is 5.45. The van der Waals surface area contributed by atoms with Gasteiger partial charge in [-0.3, -0.25) is 14.5 Å². The zero-order valence-corrected chi connectivity index (χ0v) is 25.7. The second-order valence-electron chi connectivity index (χ2n) is 9.89. The van der Waals surface area contributed by atoms with Gasteiger partial charge < -0.3 is 10.2 Å². The third-order valence-corrected chi connectivity index (χ3v) is 10.4. The van der Waals surface area contributed by atoms with Crippen LogP contribution in [0.3, 0.4) is 0 Å². The van der Waals surface area contributed by atoms with Gasteiger partial charge in [0.1, 0.15) is 5.00 Å². The quantitative estimate of drug-likeness (QED) is 0.323. The molecule has 39 heavy (non-hydrogen) atoms. The molecule has 1 aliphatic rings. The third-order valence-electron chi connectivity index (χ3n) is 7.35. The Kier molecular flexibility index (Phi) is 11.5. The minimum Gasteiger partial charge on any atom is -0.339 e. The van der Waals surface area contributed by atoms with Gasteiger partial charge in [0.2, 0.25) is 10.0 Å². The minimum absolute atomic E-state index is 0.0570. The van der Waals surface area contributed by atoms with Gasteiger partial charge in [-0.1, -0.05) is 33.6 Å². The van der Waals surface area contributed by atoms with Crippen LogP contribution in [0, 0.1) is 0 Å². The summed E-state index contributed by atoms with van der Waals surface area (Å²) >= 11 is 1.47. The molecule has 8 nitrogen and oxygen atoms in total. The first-order valence-corrected chi connectivity index (χ1v) is 16.5. The number of unbranched alkanes of at least 4 members (excludes halogenated alkanes) is 2. The molecule has 0 spiro atoms. The van der Waals surface area contributed by atoms with E-state index in [0.717, 1.165) is 62.2 Å². The number of carbonyl (C=O) groups excluding carboxylic acids is 2. The number of benzene rings is 1. The molecular formula is C29H44N4O4S2. The van der Waals surface area contributed by atoms with Gasteiger partial charge in [-0.25, -0.2) is 8.42 Å². The fourth-order valence-electron chi connectivity index (χ4n) is 4.83. The molecule has 0 fully saturated rings. The first-order chi connectivity index (χ1) is 18.7. The summed E-state index contributed by atoms with van der Waals surface area (Å²) in [6, 6.07) is 6.13. The van der Waals surface area contributed by atoms with E-state index in [9.17, 15) is 18.0 Å². The highest BCUT2D eigenvalue weighted by atomic mass is 32.2. The fraction of sp³-hybridized carbons (Fsp3) is 0.586. The molecule has 2 heterocycles. The van der Waals surface area contributed by atoms with E-state index in [1.165, 1.54) is 23.5 Å². The third kappa shape index (κ3) is 7.28. The van der Waals surface area contributed by atoms with Crippen molar-refractivity contribution in [2.45, 2.75) is 78.2 Å². The van der Waals surface area contributed by atoms with Gasteiger partial charge >= 0.3 is 0 Å². The Morgan fingerprint density at radius 2 is 1.59 bits per heavy atom. The summed E-state index contributed by atoms with van der Waals surface area (Å²) in [7, 11) is -3.64. The maximum absolute atomic E-state index is 13.5. The van der Waals surface area contributed by atoms with Gasteiger partial charge in [0.05, 0.1) is 10.5 Å². The zero-order valence-electron chi connectivity index (χ0n) is 24.1. The Morgan fingerprint density at radius 3 is 2.13 bits per heavy atom. The van der Waals surface area contributed by atoms with Gasteiger partial charge in [0, 0.05) is 49.7 Å². The Labute approximate surface area is 238 Å². The normalized spacial score (nSPS) is 13.9. The molecule has 0 radical (unpaired) electrons. The van der Waals surface area contributed by atoms with Crippen molar-refractivity contribution < 1.29 is 18.0 Å². The van der Waals surface area contributed by atoms with Crippen LogP contribution >= 0.6 is 11.3 Å². The lowest BCUT2D eigenvalue weighted by Gasteiger charge is -2.26. The van der Waals surface area contributed by atoms with Crippen molar-refractivity contribution in [3.8, 4) is 0 Å². The first-order valence-electron chi connectivity index (χ1n) is 14.3. The minimum atomic E-state index is -3.64. The molecule has 0 bridgehead atoms. The van der Waals surface area contributed by atoms with Crippen molar-refractivity contribution >= 4 is 38.2 Å². The van der Waals surface area contributed by atoms with Gasteiger partial charge in [0.15, 0.2) is 0 Å². The number of sulfonamides is 1. The van der Waals surface area contributed by atoms with E-state index in [1.54, 1.807) is 21.3 Å². The molecule has 1 aliphatic heterocycles. The summed E-state index contributed by atoms with van der Waals surface area (Å²) in [6.45, 7) is 14.9. The number of hydrogen-bond donors (Lipinski definition) is 1. The molecule has 0 aliphatic carbocycles. The summed E-state index contributed by atoms with van der Waals surface area (Å²) < 4.78 is 28.2. The Morgan fingerprint density at radius 1 is 0.974 bits per heavy atom. The van der Waals surface area contributed by atoms with Crippen molar-refractivity contribution in [3.63, 3.8) is 0 Å². The number of thiophene rings is 1. The van der Waals surface area contributed by atoms with Crippen molar-refractivity contribution in [1.29, 1.82) is 0 Å². The monoisotopic (exact) mass is 576 g/mol. The first kappa shape index (κ1) is 31.3. The smallest absolute Gasteiger partial charge is 0.257 e. The van der Waals surface area contributed by atoms with E-state index >= 15 is 0 Å². The van der Waals surface area contributed by atoms with Gasteiger partial charge in [-0.15, -0.1) is 11.3 Å². The summed E-state index contributed by atoms with van der Waals surface area (Å²) in [6.07, 6.45) is 4.21. The standard InChI is InChI=1S/C29H44N4O4S2/c1-6-11-18-33(19-12-7-2)39(36,37)23-15-13-22(14-16-23)27(34)30-28-26(29(35)32(9-4)10-5)24-17-20-31(8-3)21-25(24)38-28/h13-16H,6-12,17-21H2,1-5H3,(H,30,34). The molecule has 0 saturated carbocycles. The number of rotatable bonds is 14. The lowest BCUT2D eigenvalue weighted by molar-refractivity contribution is 0.0772. The molecule has 2 aromatic rings. The maximum atomic E-state index is 13.5. The van der Waals surface area contributed by atoms with E-state index in [2.05, 4.69) is 17.1 Å². The SMILES string of the molecule is CCCCN(CCCC)S(=O)(=O)c1ccc(C(=O)Nc2sc3c(c2C(=O)N(CC)CC)CCN(CC)C3)cc1. The van der Waals surface area contributed by atoms with Crippen LogP contribution in [-0.2, 0) is 23.0 Å². The molecule has 1 aromatic heterocycles. The molecule has 0 saturated heterocycles. The number of nitrogens with zero attached hydrogens (tertiary/aromatic N) is 3. The van der Waals surface area contributed by atoms with Crippen LogP contribution in [0.2, 0.25) is 0 Å². The molecule has 2 amide bonds. The zero-order chi connectivity index (χ0) is 28.6. The number of anilines is 1. The number of likely N-dealkylation sites (N-methyl/N-ethyl adjacent to an activating group) is 1. The van der Waals surface area contributed by atoms with Crippen LogP contribution < -0.4 is 5.32 Å². The summed E-state index contributed by atoms with van der Waals surface area (Å²) in [5.74, 6) is -0.411. The summed E-state index contributed by atoms with van der Waals surface area (Å²) in [5.41, 5.74) is 1.99. The average Bonchev–Trinajstić information content (AvgIpc) is 3.30. The number of carbonyl (C=O) groups is 2. The van der Waals surface area contributed by atoms with Gasteiger partial charge in [-0.2, -0.15) is 4.31 Å². The van der Waals surface area contributed by atoms with Crippen LogP contribution in [0.4, 0.5) is 5.00 Å². The van der Waals surface area contributed by atoms with Crippen molar-refractivity contribution in [2.24, 2.45) is 0 Å². The van der Waals surface area contributed by atoms with Crippen LogP contribution in [-0.4, -0.2) is 73.6 Å². The molecule has 0 atom stereocenters. The van der Waals surface area contributed by atoms with E-state index in [-0.39, 0.29) is 16.7 Å². The Hall–Kier alpha value is -2.27. The van der Waals surface area contributed by atoms with Crippen molar-refractivity contribution in [2.75, 3.05) is 44.6 Å². The van der Waals surface area contributed by atoms with E-state index in [1.807, 2.05) is 27.7 Å². The number of nitrogens with one attached hydrogen (secondary N) is 1. The Balaban J connectivity index is 1.87. The molecule has 216 valence electrons. The van der Waals surface area contributed by atoms with E-state index < -0.39 is 10.0 Å². The molecule has 1 aromatic carbocycles. The van der Waals surface area contributed by atoms with Crippen LogP contribution in [0.25, 0.3) is 0 Å². The number of fused-ring (bicyclic) bond motifs is 1. The number of hydrogen-bond acceptors (Lipinski definition) is 6. The second-order valence-corrected chi connectivity index (χ2v) is 12.9. The molecule has 10 heteroatoms. The highest BCUT2D eigenvalue weighted by Gasteiger charge is 2.30. The fourth-order valence-corrected chi connectivity index (χ4v) is 7.63. The average molecular weight is 577 g/mol. The highest BCUT2D eigenvalue weighted by Crippen LogP contribution is 2.38. The maximum Gasteiger partial charge on any atom is 0.257 e. The van der Waals surface area contributed by atoms with E-state index in [0.29, 0.717) is 42.3 Å². The second kappa shape index (κ2) is 14.4.